The average Bonchev–Trinajstić information content (AvgIpc) is 2.39. The van der Waals surface area contributed by atoms with Crippen molar-refractivity contribution >= 4 is 5.91 Å². The standard InChI is InChI=1S/C13H14F4N2O/c14-9-3-1-8(2-4-9)10-5-6-18-7-11(10)19-12(20)13(15,16)17/h1-4,10-11,18H,5-7H2,(H,19,20). The molecule has 1 fully saturated rings. The van der Waals surface area contributed by atoms with Gasteiger partial charge in [0.2, 0.25) is 0 Å². The van der Waals surface area contributed by atoms with Gasteiger partial charge in [-0.3, -0.25) is 4.79 Å². The molecule has 1 aromatic carbocycles. The summed E-state index contributed by atoms with van der Waals surface area (Å²) in [7, 11) is 0. The molecule has 1 aliphatic rings. The molecule has 1 heterocycles. The lowest BCUT2D eigenvalue weighted by Gasteiger charge is -2.33. The van der Waals surface area contributed by atoms with E-state index >= 15 is 0 Å². The third kappa shape index (κ3) is 3.47. The monoisotopic (exact) mass is 290 g/mol. The molecule has 1 aliphatic heterocycles. The molecule has 1 amide bonds. The van der Waals surface area contributed by atoms with Crippen molar-refractivity contribution in [2.75, 3.05) is 13.1 Å². The van der Waals surface area contributed by atoms with Crippen molar-refractivity contribution in [3.05, 3.63) is 35.6 Å². The molecule has 7 heteroatoms. The summed E-state index contributed by atoms with van der Waals surface area (Å²) in [6.45, 7) is 0.893. The van der Waals surface area contributed by atoms with Gasteiger partial charge in [-0.2, -0.15) is 13.2 Å². The molecule has 110 valence electrons. The highest BCUT2D eigenvalue weighted by Gasteiger charge is 2.41. The Hall–Kier alpha value is -1.63. The molecule has 1 saturated heterocycles. The van der Waals surface area contributed by atoms with Crippen LogP contribution in [0.2, 0.25) is 0 Å². The fourth-order valence-corrected chi connectivity index (χ4v) is 2.37. The highest BCUT2D eigenvalue weighted by Crippen LogP contribution is 2.27. The van der Waals surface area contributed by atoms with E-state index in [1.165, 1.54) is 24.3 Å². The van der Waals surface area contributed by atoms with Crippen LogP contribution < -0.4 is 10.6 Å². The molecule has 2 N–H and O–H groups in total. The van der Waals surface area contributed by atoms with E-state index in [1.807, 2.05) is 5.32 Å². The summed E-state index contributed by atoms with van der Waals surface area (Å²) in [6, 6.07) is 4.94. The maximum atomic E-state index is 12.9. The van der Waals surface area contributed by atoms with Crippen molar-refractivity contribution in [3.63, 3.8) is 0 Å². The Labute approximate surface area is 113 Å². The maximum absolute atomic E-state index is 12.9. The lowest BCUT2D eigenvalue weighted by molar-refractivity contribution is -0.174. The van der Waals surface area contributed by atoms with Gasteiger partial charge in [-0.25, -0.2) is 4.39 Å². The predicted molar refractivity (Wildman–Crippen MR) is 64.6 cm³/mol. The van der Waals surface area contributed by atoms with Crippen LogP contribution in [0, 0.1) is 5.82 Å². The van der Waals surface area contributed by atoms with Crippen molar-refractivity contribution in [1.82, 2.24) is 10.6 Å². The molecule has 0 spiro atoms. The second-order valence-electron chi connectivity index (χ2n) is 4.73. The topological polar surface area (TPSA) is 41.1 Å². The van der Waals surface area contributed by atoms with Crippen LogP contribution in [0.3, 0.4) is 0 Å². The molecular formula is C13H14F4N2O. The van der Waals surface area contributed by atoms with Crippen molar-refractivity contribution in [3.8, 4) is 0 Å². The van der Waals surface area contributed by atoms with E-state index in [0.717, 1.165) is 5.56 Å². The molecule has 2 atom stereocenters. The summed E-state index contributed by atoms with van der Waals surface area (Å²) >= 11 is 0. The van der Waals surface area contributed by atoms with E-state index in [0.29, 0.717) is 13.0 Å². The summed E-state index contributed by atoms with van der Waals surface area (Å²) in [5.41, 5.74) is 0.723. The van der Waals surface area contributed by atoms with Crippen LogP contribution in [0.1, 0.15) is 17.9 Å². The average molecular weight is 290 g/mol. The van der Waals surface area contributed by atoms with E-state index < -0.39 is 23.9 Å². The minimum absolute atomic E-state index is 0.254. The summed E-state index contributed by atoms with van der Waals surface area (Å²) in [6.07, 6.45) is -4.32. The number of carbonyl (C=O) groups excluding carboxylic acids is 1. The van der Waals surface area contributed by atoms with E-state index in [4.69, 9.17) is 0 Å². The van der Waals surface area contributed by atoms with Crippen molar-refractivity contribution in [2.45, 2.75) is 24.6 Å². The number of hydrogen-bond acceptors (Lipinski definition) is 2. The lowest BCUT2D eigenvalue weighted by Crippen LogP contribution is -2.53. The number of carbonyl (C=O) groups is 1. The zero-order valence-corrected chi connectivity index (χ0v) is 10.5. The second kappa shape index (κ2) is 5.78. The number of rotatable bonds is 2. The highest BCUT2D eigenvalue weighted by atomic mass is 19.4. The lowest BCUT2D eigenvalue weighted by atomic mass is 9.86. The van der Waals surface area contributed by atoms with Crippen molar-refractivity contribution < 1.29 is 22.4 Å². The van der Waals surface area contributed by atoms with Gasteiger partial charge in [0, 0.05) is 18.5 Å². The molecule has 1 aromatic rings. The minimum atomic E-state index is -4.90. The summed E-state index contributed by atoms with van der Waals surface area (Å²) in [4.78, 5) is 11.0. The van der Waals surface area contributed by atoms with Crippen LogP contribution in [0.15, 0.2) is 24.3 Å². The quantitative estimate of drug-likeness (QED) is 0.817. The Morgan fingerprint density at radius 1 is 1.25 bits per heavy atom. The Kier molecular flexibility index (Phi) is 4.27. The zero-order valence-electron chi connectivity index (χ0n) is 10.5. The van der Waals surface area contributed by atoms with E-state index in [-0.39, 0.29) is 12.5 Å². The van der Waals surface area contributed by atoms with Crippen LogP contribution in [0.4, 0.5) is 17.6 Å². The Bertz CT molecular complexity index is 472. The van der Waals surface area contributed by atoms with E-state index in [1.54, 1.807) is 0 Å². The maximum Gasteiger partial charge on any atom is 0.471 e. The highest BCUT2D eigenvalue weighted by molar-refractivity contribution is 5.82. The Morgan fingerprint density at radius 3 is 2.50 bits per heavy atom. The molecule has 3 nitrogen and oxygen atoms in total. The summed E-state index contributed by atoms with van der Waals surface area (Å²) in [5.74, 6) is -2.61. The fraction of sp³-hybridized carbons (Fsp3) is 0.462. The van der Waals surface area contributed by atoms with Crippen LogP contribution in [0.25, 0.3) is 0 Å². The first kappa shape index (κ1) is 14.8. The van der Waals surface area contributed by atoms with Gasteiger partial charge in [0.25, 0.3) is 0 Å². The van der Waals surface area contributed by atoms with Gasteiger partial charge in [-0.1, -0.05) is 12.1 Å². The number of alkyl halides is 3. The van der Waals surface area contributed by atoms with Gasteiger partial charge in [-0.15, -0.1) is 0 Å². The third-order valence-electron chi connectivity index (χ3n) is 3.35. The molecule has 0 bridgehead atoms. The number of nitrogens with one attached hydrogen (secondary N) is 2. The molecule has 20 heavy (non-hydrogen) atoms. The van der Waals surface area contributed by atoms with Gasteiger partial charge < -0.3 is 10.6 Å². The Balaban J connectivity index is 2.13. The second-order valence-corrected chi connectivity index (χ2v) is 4.73. The summed E-state index contributed by atoms with van der Waals surface area (Å²) in [5, 5.41) is 4.95. The van der Waals surface area contributed by atoms with Crippen LogP contribution >= 0.6 is 0 Å². The molecular weight excluding hydrogens is 276 g/mol. The molecule has 2 unspecified atom stereocenters. The van der Waals surface area contributed by atoms with Gasteiger partial charge in [0.15, 0.2) is 0 Å². The first-order valence-corrected chi connectivity index (χ1v) is 6.22. The molecule has 0 aromatic heterocycles. The zero-order chi connectivity index (χ0) is 14.8. The van der Waals surface area contributed by atoms with Crippen molar-refractivity contribution in [2.24, 2.45) is 0 Å². The van der Waals surface area contributed by atoms with Gasteiger partial charge in [0.1, 0.15) is 5.82 Å². The SMILES string of the molecule is O=C(NC1CNCCC1c1ccc(F)cc1)C(F)(F)F. The third-order valence-corrected chi connectivity index (χ3v) is 3.35. The van der Waals surface area contributed by atoms with Gasteiger partial charge in [-0.05, 0) is 30.7 Å². The van der Waals surface area contributed by atoms with Gasteiger partial charge >= 0.3 is 12.1 Å². The number of halogens is 4. The summed E-state index contributed by atoms with van der Waals surface area (Å²) < 4.78 is 49.8. The predicted octanol–water partition coefficient (Wildman–Crippen LogP) is 1.95. The van der Waals surface area contributed by atoms with Crippen LogP contribution in [-0.4, -0.2) is 31.2 Å². The largest absolute Gasteiger partial charge is 0.471 e. The van der Waals surface area contributed by atoms with Crippen LogP contribution in [0.5, 0.6) is 0 Å². The number of benzene rings is 1. The normalized spacial score (nSPS) is 23.4. The van der Waals surface area contributed by atoms with Crippen LogP contribution in [-0.2, 0) is 4.79 Å². The number of hydrogen-bond donors (Lipinski definition) is 2. The first-order chi connectivity index (χ1) is 9.38. The molecule has 2 rings (SSSR count). The molecule has 0 radical (unpaired) electrons. The number of piperidine rings is 1. The molecule has 0 saturated carbocycles. The van der Waals surface area contributed by atoms with Crippen molar-refractivity contribution in [1.29, 1.82) is 0 Å². The number of amides is 1. The van der Waals surface area contributed by atoms with E-state index in [9.17, 15) is 22.4 Å². The fourth-order valence-electron chi connectivity index (χ4n) is 2.37. The first-order valence-electron chi connectivity index (χ1n) is 6.22. The molecule has 0 aliphatic carbocycles. The smallest absolute Gasteiger partial charge is 0.344 e. The Morgan fingerprint density at radius 2 is 1.90 bits per heavy atom. The minimum Gasteiger partial charge on any atom is -0.344 e. The van der Waals surface area contributed by atoms with Gasteiger partial charge in [0.05, 0.1) is 0 Å². The van der Waals surface area contributed by atoms with E-state index in [2.05, 4.69) is 5.32 Å².